The van der Waals surface area contributed by atoms with Gasteiger partial charge in [0.25, 0.3) is 5.91 Å². The normalized spacial score (nSPS) is 19.5. The Morgan fingerprint density at radius 1 is 1.17 bits per heavy atom. The molecule has 0 saturated carbocycles. The molecule has 1 fully saturated rings. The van der Waals surface area contributed by atoms with Crippen molar-refractivity contribution in [3.8, 4) is 5.75 Å². The highest BCUT2D eigenvalue weighted by atomic mass is 16.5. The van der Waals surface area contributed by atoms with Crippen LogP contribution in [0.2, 0.25) is 0 Å². The van der Waals surface area contributed by atoms with E-state index in [0.29, 0.717) is 24.5 Å². The first-order chi connectivity index (χ1) is 20.0. The molecule has 3 aromatic heterocycles. The van der Waals surface area contributed by atoms with Crippen LogP contribution in [0.25, 0.3) is 5.65 Å². The molecule has 0 radical (unpaired) electrons. The van der Waals surface area contributed by atoms with Crippen LogP contribution in [0, 0.1) is 6.92 Å². The summed E-state index contributed by atoms with van der Waals surface area (Å²) in [4.78, 5) is 27.4. The minimum Gasteiger partial charge on any atom is -0.492 e. The summed E-state index contributed by atoms with van der Waals surface area (Å²) in [6.45, 7) is 10.6. The average Bonchev–Trinajstić information content (AvgIpc) is 3.56. The van der Waals surface area contributed by atoms with Gasteiger partial charge in [0.05, 0.1) is 30.2 Å². The molecule has 0 bridgehead atoms. The lowest BCUT2D eigenvalue weighted by molar-refractivity contribution is 0.0960. The van der Waals surface area contributed by atoms with Crippen molar-refractivity contribution in [1.82, 2.24) is 34.5 Å². The Kier molecular flexibility index (Phi) is 7.84. The number of amides is 1. The van der Waals surface area contributed by atoms with E-state index in [1.54, 1.807) is 10.6 Å². The molecule has 1 amide bonds. The van der Waals surface area contributed by atoms with Crippen LogP contribution in [-0.2, 0) is 6.54 Å². The molecule has 5 heterocycles. The van der Waals surface area contributed by atoms with Gasteiger partial charge in [0.1, 0.15) is 23.7 Å². The molecule has 41 heavy (non-hydrogen) atoms. The van der Waals surface area contributed by atoms with Gasteiger partial charge in [0.2, 0.25) is 0 Å². The summed E-state index contributed by atoms with van der Waals surface area (Å²) in [5.74, 6) is 0.549. The van der Waals surface area contributed by atoms with Crippen molar-refractivity contribution in [2.45, 2.75) is 39.3 Å². The van der Waals surface area contributed by atoms with Gasteiger partial charge >= 0.3 is 0 Å². The topological polar surface area (TPSA) is 90.6 Å². The van der Waals surface area contributed by atoms with Crippen LogP contribution in [0.1, 0.15) is 41.6 Å². The number of hydrazone groups is 1. The molecule has 10 nitrogen and oxygen atoms in total. The number of nitrogens with zero attached hydrogens (tertiary/aromatic N) is 7. The highest BCUT2D eigenvalue weighted by Gasteiger charge is 2.35. The van der Waals surface area contributed by atoms with Gasteiger partial charge in [0, 0.05) is 62.0 Å². The lowest BCUT2D eigenvalue weighted by Crippen LogP contribution is -2.45. The van der Waals surface area contributed by atoms with Crippen LogP contribution in [0.4, 0.5) is 0 Å². The second kappa shape index (κ2) is 11.8. The van der Waals surface area contributed by atoms with Crippen LogP contribution in [0.3, 0.4) is 0 Å². The number of rotatable bonds is 9. The molecule has 0 aromatic carbocycles. The predicted molar refractivity (Wildman–Crippen MR) is 159 cm³/mol. The number of ether oxygens (including phenoxy) is 1. The fourth-order valence-electron chi connectivity index (χ4n) is 5.74. The van der Waals surface area contributed by atoms with E-state index in [-0.39, 0.29) is 11.9 Å². The molecule has 1 aliphatic carbocycles. The second-order valence-electron chi connectivity index (χ2n) is 10.9. The van der Waals surface area contributed by atoms with Gasteiger partial charge in [-0.3, -0.25) is 24.1 Å². The van der Waals surface area contributed by atoms with Gasteiger partial charge in [0.15, 0.2) is 0 Å². The molecule has 3 aromatic rings. The zero-order valence-electron chi connectivity index (χ0n) is 24.1. The third-order valence-corrected chi connectivity index (χ3v) is 8.03. The van der Waals surface area contributed by atoms with Crippen molar-refractivity contribution in [2.75, 3.05) is 46.4 Å². The fourth-order valence-corrected chi connectivity index (χ4v) is 5.74. The van der Waals surface area contributed by atoms with E-state index in [2.05, 4.69) is 50.1 Å². The molecule has 10 heteroatoms. The Hall–Kier alpha value is -4.02. The van der Waals surface area contributed by atoms with Gasteiger partial charge in [-0.05, 0) is 51.1 Å². The summed E-state index contributed by atoms with van der Waals surface area (Å²) in [6.07, 6.45) is 9.19. The van der Waals surface area contributed by atoms with E-state index in [1.165, 1.54) is 0 Å². The Morgan fingerprint density at radius 2 is 2.02 bits per heavy atom. The summed E-state index contributed by atoms with van der Waals surface area (Å²) < 4.78 is 7.82. The summed E-state index contributed by atoms with van der Waals surface area (Å²) in [5, 5.41) is 10.2. The molecule has 214 valence electrons. The maximum atomic E-state index is 13.5. The summed E-state index contributed by atoms with van der Waals surface area (Å²) in [5.41, 5.74) is 6.01. The molecule has 6 rings (SSSR count). The standard InChI is InChI=1S/C31H38N8O2/c1-4-25-30-26(9-6-10-27(30)39(35-25)21-23-8-5-7-22(2)33-23)34-31(40)28-20-32-29-19-24(11-12-38(28)29)41-18-17-37-15-13-36(3)14-16-37/h5-9,11-12,19-20,27H,4,10,13-18,21H2,1-3H3,(H,34,40). The second-order valence-corrected chi connectivity index (χ2v) is 10.9. The molecular weight excluding hydrogens is 516 g/mol. The SMILES string of the molecule is CCC1=NN(Cc2cccc(C)n2)C2CC=CC(NC(=O)c3cnc4cc(OCCN5CCN(C)CC5)ccn34)=C12. The van der Waals surface area contributed by atoms with Crippen molar-refractivity contribution >= 4 is 17.3 Å². The minimum atomic E-state index is -0.205. The van der Waals surface area contributed by atoms with Crippen LogP contribution >= 0.6 is 0 Å². The number of nitrogens with one attached hydrogen (secondary N) is 1. The first-order valence-electron chi connectivity index (χ1n) is 14.5. The van der Waals surface area contributed by atoms with E-state index < -0.39 is 0 Å². The molecule has 0 spiro atoms. The molecule has 3 aliphatic rings. The Balaban J connectivity index is 1.14. The maximum Gasteiger partial charge on any atom is 0.274 e. The summed E-state index contributed by atoms with van der Waals surface area (Å²) >= 11 is 0. The fraction of sp³-hybridized carbons (Fsp3) is 0.419. The molecule has 1 saturated heterocycles. The number of imidazole rings is 1. The number of aryl methyl sites for hydroxylation is 1. The number of hydrogen-bond donors (Lipinski definition) is 1. The third kappa shape index (κ3) is 5.89. The number of allylic oxidation sites excluding steroid dienone is 1. The molecular formula is C31H38N8O2. The highest BCUT2D eigenvalue weighted by Crippen LogP contribution is 2.32. The van der Waals surface area contributed by atoms with Crippen LogP contribution in [0.5, 0.6) is 5.75 Å². The minimum absolute atomic E-state index is 0.0697. The molecule has 1 atom stereocenters. The van der Waals surface area contributed by atoms with Gasteiger partial charge in [-0.1, -0.05) is 19.1 Å². The van der Waals surface area contributed by atoms with E-state index >= 15 is 0 Å². The number of hydrogen-bond acceptors (Lipinski definition) is 8. The van der Waals surface area contributed by atoms with Crippen molar-refractivity contribution in [3.63, 3.8) is 0 Å². The van der Waals surface area contributed by atoms with Crippen molar-refractivity contribution < 1.29 is 9.53 Å². The first-order valence-corrected chi connectivity index (χ1v) is 14.5. The number of aromatic nitrogens is 3. The lowest BCUT2D eigenvalue weighted by Gasteiger charge is -2.32. The van der Waals surface area contributed by atoms with Gasteiger partial charge < -0.3 is 15.0 Å². The monoisotopic (exact) mass is 554 g/mol. The molecule has 1 unspecified atom stereocenters. The molecule has 1 N–H and O–H groups in total. The van der Waals surface area contributed by atoms with Crippen LogP contribution in [0.15, 0.2) is 71.2 Å². The summed E-state index contributed by atoms with van der Waals surface area (Å²) in [7, 11) is 2.16. The van der Waals surface area contributed by atoms with Crippen molar-refractivity contribution in [3.05, 3.63) is 83.2 Å². The number of carbonyl (C=O) groups excluding carboxylic acids is 1. The average molecular weight is 555 g/mol. The van der Waals surface area contributed by atoms with E-state index in [1.807, 2.05) is 49.5 Å². The third-order valence-electron chi connectivity index (χ3n) is 8.03. The zero-order chi connectivity index (χ0) is 28.3. The predicted octanol–water partition coefficient (Wildman–Crippen LogP) is 3.26. The molecule has 2 aliphatic heterocycles. The number of fused-ring (bicyclic) bond motifs is 2. The van der Waals surface area contributed by atoms with E-state index in [9.17, 15) is 4.79 Å². The lowest BCUT2D eigenvalue weighted by atomic mass is 9.92. The Morgan fingerprint density at radius 3 is 2.83 bits per heavy atom. The number of carbonyl (C=O) groups is 1. The Labute approximate surface area is 241 Å². The number of piperazine rings is 1. The van der Waals surface area contributed by atoms with E-state index in [4.69, 9.17) is 9.84 Å². The van der Waals surface area contributed by atoms with Gasteiger partial charge in [-0.15, -0.1) is 0 Å². The van der Waals surface area contributed by atoms with Crippen molar-refractivity contribution in [2.24, 2.45) is 5.10 Å². The smallest absolute Gasteiger partial charge is 0.274 e. The van der Waals surface area contributed by atoms with Crippen LogP contribution < -0.4 is 10.1 Å². The van der Waals surface area contributed by atoms with E-state index in [0.717, 1.165) is 79.7 Å². The van der Waals surface area contributed by atoms with Crippen molar-refractivity contribution in [1.29, 1.82) is 0 Å². The van der Waals surface area contributed by atoms with Gasteiger partial charge in [-0.2, -0.15) is 5.10 Å². The summed E-state index contributed by atoms with van der Waals surface area (Å²) in [6, 6.07) is 9.91. The maximum absolute atomic E-state index is 13.5. The zero-order valence-corrected chi connectivity index (χ0v) is 24.1. The first kappa shape index (κ1) is 27.2. The Bertz CT molecular complexity index is 1520. The van der Waals surface area contributed by atoms with Gasteiger partial charge in [-0.25, -0.2) is 4.98 Å². The largest absolute Gasteiger partial charge is 0.492 e. The number of pyridine rings is 2. The van der Waals surface area contributed by atoms with Crippen LogP contribution in [-0.4, -0.2) is 93.2 Å². The number of likely N-dealkylation sites (N-methyl/N-ethyl adjacent to an activating group) is 1. The quantitative estimate of drug-likeness (QED) is 0.434. The highest BCUT2D eigenvalue weighted by molar-refractivity contribution is 6.05.